The summed E-state index contributed by atoms with van der Waals surface area (Å²) in [4.78, 5) is 4.14. The van der Waals surface area contributed by atoms with Crippen LogP contribution in [0.4, 0.5) is 10.1 Å². The third-order valence-corrected chi connectivity index (χ3v) is 4.34. The maximum Gasteiger partial charge on any atom is 0.241 e. The Labute approximate surface area is 123 Å². The number of pyridine rings is 1. The van der Waals surface area contributed by atoms with Gasteiger partial charge in [-0.25, -0.2) is 17.5 Å². The molecular weight excluding hydrogens is 293 g/mol. The van der Waals surface area contributed by atoms with Crippen LogP contribution in [0.15, 0.2) is 35.2 Å². The van der Waals surface area contributed by atoms with E-state index >= 15 is 0 Å². The van der Waals surface area contributed by atoms with Crippen molar-refractivity contribution in [3.63, 3.8) is 0 Å². The van der Waals surface area contributed by atoms with Gasteiger partial charge in [-0.1, -0.05) is 6.07 Å². The number of aromatic nitrogens is 1. The Bertz CT molecular complexity index is 753. The average Bonchev–Trinajstić information content (AvgIpc) is 2.42. The Morgan fingerprint density at radius 2 is 2.00 bits per heavy atom. The van der Waals surface area contributed by atoms with Gasteiger partial charge in [-0.05, 0) is 43.7 Å². The van der Waals surface area contributed by atoms with Gasteiger partial charge in [-0.2, -0.15) is 0 Å². The van der Waals surface area contributed by atoms with Crippen molar-refractivity contribution in [1.29, 1.82) is 0 Å². The monoisotopic (exact) mass is 309 g/mol. The van der Waals surface area contributed by atoms with Crippen LogP contribution in [0.1, 0.15) is 17.0 Å². The number of sulfonamides is 1. The summed E-state index contributed by atoms with van der Waals surface area (Å²) in [6.45, 7) is 3.34. The van der Waals surface area contributed by atoms with Gasteiger partial charge in [-0.15, -0.1) is 0 Å². The van der Waals surface area contributed by atoms with E-state index in [-0.39, 0.29) is 22.7 Å². The minimum Gasteiger partial charge on any atom is -0.396 e. The van der Waals surface area contributed by atoms with Gasteiger partial charge in [0.05, 0.1) is 22.8 Å². The molecule has 0 unspecified atom stereocenters. The molecule has 0 atom stereocenters. The van der Waals surface area contributed by atoms with Crippen LogP contribution in [-0.2, 0) is 16.6 Å². The van der Waals surface area contributed by atoms with E-state index in [4.69, 9.17) is 5.73 Å². The highest BCUT2D eigenvalue weighted by molar-refractivity contribution is 7.89. The number of hydrogen-bond acceptors (Lipinski definition) is 4. The van der Waals surface area contributed by atoms with Crippen LogP contribution < -0.4 is 10.5 Å². The van der Waals surface area contributed by atoms with Gasteiger partial charge in [-0.3, -0.25) is 4.98 Å². The summed E-state index contributed by atoms with van der Waals surface area (Å²) in [5.74, 6) is -0.602. The summed E-state index contributed by atoms with van der Waals surface area (Å²) >= 11 is 0. The van der Waals surface area contributed by atoms with Crippen molar-refractivity contribution in [2.45, 2.75) is 25.3 Å². The van der Waals surface area contributed by atoms with Gasteiger partial charge < -0.3 is 5.73 Å². The minimum absolute atomic E-state index is 0.0559. The largest absolute Gasteiger partial charge is 0.396 e. The number of nitrogens with zero attached hydrogens (tertiary/aromatic N) is 1. The van der Waals surface area contributed by atoms with Crippen LogP contribution in [0, 0.1) is 19.7 Å². The van der Waals surface area contributed by atoms with Gasteiger partial charge in [0, 0.05) is 5.69 Å². The number of rotatable bonds is 4. The van der Waals surface area contributed by atoms with E-state index < -0.39 is 15.8 Å². The van der Waals surface area contributed by atoms with E-state index in [9.17, 15) is 12.8 Å². The third kappa shape index (κ3) is 3.56. The molecule has 1 aromatic carbocycles. The molecule has 7 heteroatoms. The van der Waals surface area contributed by atoms with Gasteiger partial charge in [0.2, 0.25) is 10.0 Å². The number of benzene rings is 1. The predicted octanol–water partition coefficient (Wildman–Crippen LogP) is 1.90. The molecule has 0 aliphatic heterocycles. The van der Waals surface area contributed by atoms with Crippen molar-refractivity contribution in [2.24, 2.45) is 0 Å². The molecule has 3 N–H and O–H groups in total. The summed E-state index contributed by atoms with van der Waals surface area (Å²) in [7, 11) is -3.77. The summed E-state index contributed by atoms with van der Waals surface area (Å²) in [5, 5.41) is 0. The van der Waals surface area contributed by atoms with Crippen LogP contribution in [0.5, 0.6) is 0 Å². The number of nitrogen functional groups attached to an aromatic ring is 1. The molecule has 112 valence electrons. The fourth-order valence-electron chi connectivity index (χ4n) is 1.87. The van der Waals surface area contributed by atoms with Gasteiger partial charge in [0.1, 0.15) is 5.82 Å². The zero-order valence-electron chi connectivity index (χ0n) is 11.7. The van der Waals surface area contributed by atoms with Crippen molar-refractivity contribution >= 4 is 15.7 Å². The number of nitrogens with two attached hydrogens (primary N) is 1. The number of hydrogen-bond donors (Lipinski definition) is 2. The highest BCUT2D eigenvalue weighted by atomic mass is 32.2. The van der Waals surface area contributed by atoms with Crippen molar-refractivity contribution in [2.75, 3.05) is 5.73 Å². The lowest BCUT2D eigenvalue weighted by molar-refractivity contribution is 0.579. The molecule has 2 rings (SSSR count). The van der Waals surface area contributed by atoms with Crippen LogP contribution in [0.2, 0.25) is 0 Å². The lowest BCUT2D eigenvalue weighted by Crippen LogP contribution is -2.24. The highest BCUT2D eigenvalue weighted by Gasteiger charge is 2.17. The minimum atomic E-state index is -3.77. The fourth-order valence-corrected chi connectivity index (χ4v) is 2.99. The van der Waals surface area contributed by atoms with Crippen LogP contribution in [0.25, 0.3) is 0 Å². The first kappa shape index (κ1) is 15.4. The second-order valence-corrected chi connectivity index (χ2v) is 6.51. The molecule has 0 fully saturated rings. The molecule has 21 heavy (non-hydrogen) atoms. The van der Waals surface area contributed by atoms with Crippen molar-refractivity contribution in [1.82, 2.24) is 9.71 Å². The molecule has 0 spiro atoms. The van der Waals surface area contributed by atoms with Crippen LogP contribution >= 0.6 is 0 Å². The van der Waals surface area contributed by atoms with Crippen LogP contribution in [0.3, 0.4) is 0 Å². The summed E-state index contributed by atoms with van der Waals surface area (Å²) in [6, 6.07) is 7.69. The van der Waals surface area contributed by atoms with Crippen molar-refractivity contribution < 1.29 is 12.8 Å². The first-order valence-corrected chi connectivity index (χ1v) is 7.76. The summed E-state index contributed by atoms with van der Waals surface area (Å²) in [5.41, 5.74) is 6.86. The van der Waals surface area contributed by atoms with Crippen LogP contribution in [-0.4, -0.2) is 13.4 Å². The van der Waals surface area contributed by atoms with E-state index in [2.05, 4.69) is 9.71 Å². The van der Waals surface area contributed by atoms with E-state index in [1.807, 2.05) is 13.0 Å². The zero-order chi connectivity index (χ0) is 15.6. The fraction of sp³-hybridized carbons (Fsp3) is 0.214. The molecule has 0 aliphatic carbocycles. The molecular formula is C14H16FN3O2S. The molecule has 2 aromatic rings. The molecule has 1 heterocycles. The van der Waals surface area contributed by atoms with Crippen molar-refractivity contribution in [3.05, 3.63) is 53.1 Å². The molecule has 0 saturated carbocycles. The summed E-state index contributed by atoms with van der Waals surface area (Å²) in [6.07, 6.45) is 0. The topological polar surface area (TPSA) is 85.1 Å². The Morgan fingerprint density at radius 3 is 2.62 bits per heavy atom. The van der Waals surface area contributed by atoms with E-state index in [0.717, 1.165) is 11.8 Å². The summed E-state index contributed by atoms with van der Waals surface area (Å²) < 4.78 is 40.2. The number of anilines is 1. The standard InChI is InChI=1S/C14H16FN3O2S/c1-9-6-12(7-13(16)14(9)15)21(19,20)17-8-11-5-3-4-10(2)18-11/h3-7,17H,8,16H2,1-2H3. The molecule has 0 bridgehead atoms. The Morgan fingerprint density at radius 1 is 1.29 bits per heavy atom. The second-order valence-electron chi connectivity index (χ2n) is 4.74. The smallest absolute Gasteiger partial charge is 0.241 e. The quantitative estimate of drug-likeness (QED) is 0.845. The number of aryl methyl sites for hydroxylation is 2. The van der Waals surface area contributed by atoms with E-state index in [1.165, 1.54) is 13.0 Å². The van der Waals surface area contributed by atoms with Gasteiger partial charge in [0.15, 0.2) is 0 Å². The first-order valence-electron chi connectivity index (χ1n) is 6.27. The Kier molecular flexibility index (Phi) is 4.24. The molecule has 0 aliphatic rings. The SMILES string of the molecule is Cc1cccc(CNS(=O)(=O)c2cc(C)c(F)c(N)c2)n1. The first-order chi connectivity index (χ1) is 9.79. The predicted molar refractivity (Wildman–Crippen MR) is 78.5 cm³/mol. The Hall–Kier alpha value is -1.99. The highest BCUT2D eigenvalue weighted by Crippen LogP contribution is 2.20. The maximum absolute atomic E-state index is 13.4. The van der Waals surface area contributed by atoms with Gasteiger partial charge >= 0.3 is 0 Å². The number of nitrogens with one attached hydrogen (secondary N) is 1. The molecule has 0 amide bonds. The average molecular weight is 309 g/mol. The maximum atomic E-state index is 13.4. The zero-order valence-corrected chi connectivity index (χ0v) is 12.5. The van der Waals surface area contributed by atoms with Gasteiger partial charge in [0.25, 0.3) is 0 Å². The lowest BCUT2D eigenvalue weighted by atomic mass is 10.2. The second kappa shape index (κ2) is 5.79. The molecule has 5 nitrogen and oxygen atoms in total. The molecule has 0 radical (unpaired) electrons. The van der Waals surface area contributed by atoms with E-state index in [1.54, 1.807) is 12.1 Å². The van der Waals surface area contributed by atoms with Crippen molar-refractivity contribution in [3.8, 4) is 0 Å². The third-order valence-electron chi connectivity index (χ3n) is 2.96. The van der Waals surface area contributed by atoms with E-state index in [0.29, 0.717) is 5.69 Å². The Balaban J connectivity index is 2.23. The normalized spacial score (nSPS) is 11.6. The molecule has 0 saturated heterocycles. The molecule has 1 aromatic heterocycles. The number of halogens is 1. The lowest BCUT2D eigenvalue weighted by Gasteiger charge is -2.09.